The number of aromatic nitrogens is 1. The molecule has 0 aliphatic carbocycles. The number of halogens is 1. The third-order valence-electron chi connectivity index (χ3n) is 4.92. The average molecular weight is 346 g/mol. The molecule has 1 amide bonds. The van der Waals surface area contributed by atoms with Crippen molar-refractivity contribution in [2.75, 3.05) is 19.7 Å². The summed E-state index contributed by atoms with van der Waals surface area (Å²) in [4.78, 5) is 19.2. The topological polar surface area (TPSA) is 42.4 Å². The first kappa shape index (κ1) is 15.7. The number of carbonyl (C=O) groups excluding carboxylic acids is 1. The average Bonchev–Trinajstić information content (AvgIpc) is 3.12. The Kier molecular flexibility index (Phi) is 3.89. The van der Waals surface area contributed by atoms with Crippen molar-refractivity contribution in [2.45, 2.75) is 25.9 Å². The molecule has 2 aliphatic rings. The first-order valence-electron chi connectivity index (χ1n) is 8.10. The summed E-state index contributed by atoms with van der Waals surface area (Å²) in [5.41, 5.74) is 3.56. The van der Waals surface area contributed by atoms with Crippen molar-refractivity contribution in [3.63, 3.8) is 0 Å². The van der Waals surface area contributed by atoms with Gasteiger partial charge in [-0.2, -0.15) is 0 Å². The van der Waals surface area contributed by atoms with Crippen molar-refractivity contribution in [3.8, 4) is 0 Å². The van der Waals surface area contributed by atoms with E-state index in [2.05, 4.69) is 4.98 Å². The Morgan fingerprint density at radius 1 is 1.50 bits per heavy atom. The Hall–Kier alpha value is -1.79. The van der Waals surface area contributed by atoms with E-state index >= 15 is 0 Å². The largest absolute Gasteiger partial charge is 0.377 e. The fourth-order valence-electron chi connectivity index (χ4n) is 3.73. The van der Waals surface area contributed by atoms with Gasteiger partial charge in [-0.1, -0.05) is 12.1 Å². The van der Waals surface area contributed by atoms with E-state index < -0.39 is 0 Å². The van der Waals surface area contributed by atoms with Gasteiger partial charge in [0.15, 0.2) is 0 Å². The van der Waals surface area contributed by atoms with Crippen LogP contribution in [0.2, 0.25) is 0 Å². The van der Waals surface area contributed by atoms with Crippen molar-refractivity contribution in [3.05, 3.63) is 51.7 Å². The number of ether oxygens (including phenoxy) is 1. The molecular formula is C18H19FN2O2S. The predicted octanol–water partition coefficient (Wildman–Crippen LogP) is 3.06. The third kappa shape index (κ3) is 2.84. The second-order valence-electron chi connectivity index (χ2n) is 6.90. The molecule has 2 aromatic rings. The number of nitrogens with zero attached hydrogens (tertiary/aromatic N) is 2. The van der Waals surface area contributed by atoms with Gasteiger partial charge in [0.25, 0.3) is 5.91 Å². The molecule has 1 spiro atoms. The molecule has 2 aliphatic heterocycles. The van der Waals surface area contributed by atoms with Gasteiger partial charge in [-0.15, -0.1) is 11.3 Å². The van der Waals surface area contributed by atoms with Crippen LogP contribution in [0.5, 0.6) is 0 Å². The molecule has 4 nitrogen and oxygen atoms in total. The molecule has 24 heavy (non-hydrogen) atoms. The highest BCUT2D eigenvalue weighted by Crippen LogP contribution is 2.42. The fourth-order valence-corrected chi connectivity index (χ4v) is 4.50. The Balaban J connectivity index is 1.35. The Labute approximate surface area is 144 Å². The maximum Gasteiger partial charge on any atom is 0.265 e. The van der Waals surface area contributed by atoms with Crippen LogP contribution in [0.25, 0.3) is 0 Å². The summed E-state index contributed by atoms with van der Waals surface area (Å²) in [5, 5.41) is 0. The number of amides is 1. The van der Waals surface area contributed by atoms with E-state index in [4.69, 9.17) is 4.74 Å². The molecule has 1 aromatic heterocycles. The molecule has 1 aromatic carbocycles. The first-order valence-corrected chi connectivity index (χ1v) is 8.98. The summed E-state index contributed by atoms with van der Waals surface area (Å²) in [6, 6.07) is 6.69. The lowest BCUT2D eigenvalue weighted by atomic mass is 9.77. The minimum atomic E-state index is -0.208. The minimum absolute atomic E-state index is 0.0756. The van der Waals surface area contributed by atoms with Crippen molar-refractivity contribution in [1.29, 1.82) is 0 Å². The fraction of sp³-hybridized carbons (Fsp3) is 0.444. The SMILES string of the molecule is Cc1ncsc1C(=O)N1CC2(CO[C@H](Cc3cccc(F)c3)C2)C1. The Morgan fingerprint density at radius 3 is 3.04 bits per heavy atom. The number of aryl methyl sites for hydroxylation is 1. The van der Waals surface area contributed by atoms with Gasteiger partial charge in [-0.05, 0) is 37.5 Å². The molecule has 1 atom stereocenters. The van der Waals surface area contributed by atoms with E-state index in [1.807, 2.05) is 17.9 Å². The molecule has 2 fully saturated rings. The van der Waals surface area contributed by atoms with E-state index in [0.717, 1.165) is 42.1 Å². The number of carbonyl (C=O) groups is 1. The first-order chi connectivity index (χ1) is 11.5. The van der Waals surface area contributed by atoms with Gasteiger partial charge in [0.2, 0.25) is 0 Å². The molecule has 0 N–H and O–H groups in total. The minimum Gasteiger partial charge on any atom is -0.377 e. The van der Waals surface area contributed by atoms with Crippen LogP contribution in [0.3, 0.4) is 0 Å². The van der Waals surface area contributed by atoms with Crippen LogP contribution in [0, 0.1) is 18.2 Å². The van der Waals surface area contributed by atoms with Gasteiger partial charge in [0.1, 0.15) is 10.7 Å². The lowest BCUT2D eigenvalue weighted by molar-refractivity contribution is -0.00107. The zero-order chi connectivity index (χ0) is 16.7. The molecule has 6 heteroatoms. The quantitative estimate of drug-likeness (QED) is 0.858. The van der Waals surface area contributed by atoms with Crippen LogP contribution < -0.4 is 0 Å². The summed E-state index contributed by atoms with van der Waals surface area (Å²) < 4.78 is 19.2. The summed E-state index contributed by atoms with van der Waals surface area (Å²) in [5.74, 6) is -0.130. The molecule has 0 saturated carbocycles. The molecule has 4 rings (SSSR count). The van der Waals surface area contributed by atoms with Crippen LogP contribution in [-0.2, 0) is 11.2 Å². The van der Waals surface area contributed by atoms with Crippen LogP contribution in [0.4, 0.5) is 4.39 Å². The maximum absolute atomic E-state index is 13.3. The van der Waals surface area contributed by atoms with E-state index in [-0.39, 0.29) is 23.2 Å². The summed E-state index contributed by atoms with van der Waals surface area (Å²) in [6.07, 6.45) is 1.75. The van der Waals surface area contributed by atoms with E-state index in [1.54, 1.807) is 17.6 Å². The van der Waals surface area contributed by atoms with Gasteiger partial charge in [-0.3, -0.25) is 4.79 Å². The van der Waals surface area contributed by atoms with Gasteiger partial charge in [0, 0.05) is 18.5 Å². The normalized spacial score (nSPS) is 21.9. The highest BCUT2D eigenvalue weighted by molar-refractivity contribution is 7.11. The van der Waals surface area contributed by atoms with Gasteiger partial charge in [-0.25, -0.2) is 9.37 Å². The second kappa shape index (κ2) is 5.93. The molecule has 0 bridgehead atoms. The molecule has 0 unspecified atom stereocenters. The number of rotatable bonds is 3. The van der Waals surface area contributed by atoms with Crippen LogP contribution in [-0.4, -0.2) is 41.6 Å². The number of hydrogen-bond acceptors (Lipinski definition) is 4. The highest BCUT2D eigenvalue weighted by atomic mass is 32.1. The number of thiazole rings is 1. The summed E-state index contributed by atoms with van der Waals surface area (Å²) >= 11 is 1.40. The lowest BCUT2D eigenvalue weighted by Gasteiger charge is -2.47. The van der Waals surface area contributed by atoms with Crippen molar-refractivity contribution in [1.82, 2.24) is 9.88 Å². The second-order valence-corrected chi connectivity index (χ2v) is 7.75. The summed E-state index contributed by atoms with van der Waals surface area (Å²) in [7, 11) is 0. The summed E-state index contributed by atoms with van der Waals surface area (Å²) in [6.45, 7) is 4.02. The van der Waals surface area contributed by atoms with E-state index in [1.165, 1.54) is 17.4 Å². The number of likely N-dealkylation sites (tertiary alicyclic amines) is 1. The zero-order valence-electron chi connectivity index (χ0n) is 13.5. The monoisotopic (exact) mass is 346 g/mol. The van der Waals surface area contributed by atoms with Crippen LogP contribution in [0.15, 0.2) is 29.8 Å². The van der Waals surface area contributed by atoms with Crippen LogP contribution >= 0.6 is 11.3 Å². The third-order valence-corrected chi connectivity index (χ3v) is 5.83. The van der Waals surface area contributed by atoms with Crippen molar-refractivity contribution in [2.24, 2.45) is 5.41 Å². The Bertz CT molecular complexity index is 770. The Morgan fingerprint density at radius 2 is 2.33 bits per heavy atom. The molecular weight excluding hydrogens is 327 g/mol. The number of hydrogen-bond donors (Lipinski definition) is 0. The van der Waals surface area contributed by atoms with Crippen molar-refractivity contribution >= 4 is 17.2 Å². The highest BCUT2D eigenvalue weighted by Gasteiger charge is 2.50. The molecule has 2 saturated heterocycles. The standard InChI is InChI=1S/C18H19FN2O2S/c1-12-16(24-11-20-12)17(22)21-8-18(9-21)7-15(23-10-18)6-13-3-2-4-14(19)5-13/h2-5,11,15H,6-10H2,1H3/t15-/m1/s1. The molecule has 126 valence electrons. The van der Waals surface area contributed by atoms with Gasteiger partial charge in [0.05, 0.1) is 23.9 Å². The smallest absolute Gasteiger partial charge is 0.265 e. The molecule has 0 radical (unpaired) electrons. The lowest BCUT2D eigenvalue weighted by Crippen LogP contribution is -2.58. The van der Waals surface area contributed by atoms with E-state index in [0.29, 0.717) is 6.61 Å². The predicted molar refractivity (Wildman–Crippen MR) is 89.6 cm³/mol. The van der Waals surface area contributed by atoms with Crippen molar-refractivity contribution < 1.29 is 13.9 Å². The number of benzene rings is 1. The molecule has 3 heterocycles. The van der Waals surface area contributed by atoms with Gasteiger partial charge >= 0.3 is 0 Å². The zero-order valence-corrected chi connectivity index (χ0v) is 14.3. The van der Waals surface area contributed by atoms with Gasteiger partial charge < -0.3 is 9.64 Å². The van der Waals surface area contributed by atoms with E-state index in [9.17, 15) is 9.18 Å². The maximum atomic E-state index is 13.3. The van der Waals surface area contributed by atoms with Crippen LogP contribution in [0.1, 0.15) is 27.3 Å².